The van der Waals surface area contributed by atoms with Gasteiger partial charge in [-0.3, -0.25) is 4.79 Å². The van der Waals surface area contributed by atoms with E-state index in [1.54, 1.807) is 46.3 Å². The zero-order valence-corrected chi connectivity index (χ0v) is 21.1. The van der Waals surface area contributed by atoms with Crippen molar-refractivity contribution in [1.29, 1.82) is 5.26 Å². The number of thioether (sulfide) groups is 1. The average Bonchev–Trinajstić information content (AvgIpc) is 3.32. The largest absolute Gasteiger partial charge is 0.497 e. The Morgan fingerprint density at radius 3 is 2.50 bits per heavy atom. The third-order valence-electron chi connectivity index (χ3n) is 5.40. The van der Waals surface area contributed by atoms with Crippen molar-refractivity contribution in [2.24, 2.45) is 0 Å². The molecule has 0 aliphatic carbocycles. The number of nitrogens with one attached hydrogen (secondary N) is 1. The van der Waals surface area contributed by atoms with Crippen LogP contribution < -0.4 is 14.8 Å². The molecule has 2 heterocycles. The molecule has 9 heteroatoms. The molecule has 4 rings (SSSR count). The van der Waals surface area contributed by atoms with Gasteiger partial charge in [0.15, 0.2) is 5.82 Å². The van der Waals surface area contributed by atoms with Crippen LogP contribution in [0.2, 0.25) is 0 Å². The summed E-state index contributed by atoms with van der Waals surface area (Å²) in [5.41, 5.74) is 3.19. The van der Waals surface area contributed by atoms with E-state index < -0.39 is 5.25 Å². The molecule has 1 N–H and O–H groups in total. The van der Waals surface area contributed by atoms with Gasteiger partial charge in [-0.05, 0) is 38.1 Å². The second-order valence-corrected chi connectivity index (χ2v) is 9.18. The van der Waals surface area contributed by atoms with E-state index in [1.165, 1.54) is 11.8 Å². The smallest absolute Gasteiger partial charge is 0.238 e. The van der Waals surface area contributed by atoms with Crippen LogP contribution in [0.25, 0.3) is 22.4 Å². The van der Waals surface area contributed by atoms with Gasteiger partial charge in [0.1, 0.15) is 28.4 Å². The summed E-state index contributed by atoms with van der Waals surface area (Å²) in [5.74, 6) is 1.84. The van der Waals surface area contributed by atoms with Crippen LogP contribution in [0, 0.1) is 18.3 Å². The number of nitrogens with zero attached hydrogens (tertiary/aromatic N) is 3. The molecule has 1 amide bonds. The van der Waals surface area contributed by atoms with Gasteiger partial charge in [0, 0.05) is 22.8 Å². The van der Waals surface area contributed by atoms with Crippen molar-refractivity contribution in [2.45, 2.75) is 24.1 Å². The van der Waals surface area contributed by atoms with Crippen LogP contribution in [0.5, 0.6) is 11.5 Å². The highest BCUT2D eigenvalue weighted by molar-refractivity contribution is 8.00. The Bertz CT molecular complexity index is 1430. The van der Waals surface area contributed by atoms with Crippen molar-refractivity contribution in [1.82, 2.24) is 10.1 Å². The van der Waals surface area contributed by atoms with Crippen molar-refractivity contribution < 1.29 is 18.8 Å². The molecule has 0 spiro atoms. The normalized spacial score (nSPS) is 11.4. The Morgan fingerprint density at radius 1 is 1.08 bits per heavy atom. The summed E-state index contributed by atoms with van der Waals surface area (Å²) in [4.78, 5) is 17.6. The molecule has 36 heavy (non-hydrogen) atoms. The summed E-state index contributed by atoms with van der Waals surface area (Å²) < 4.78 is 16.0. The van der Waals surface area contributed by atoms with Gasteiger partial charge in [-0.1, -0.05) is 47.3 Å². The van der Waals surface area contributed by atoms with Gasteiger partial charge in [0.2, 0.25) is 5.91 Å². The second-order valence-electron chi connectivity index (χ2n) is 7.85. The molecule has 0 aliphatic heterocycles. The number of benzene rings is 2. The van der Waals surface area contributed by atoms with E-state index in [0.29, 0.717) is 50.5 Å². The monoisotopic (exact) mass is 500 g/mol. The molecule has 0 bridgehead atoms. The van der Waals surface area contributed by atoms with Crippen molar-refractivity contribution >= 4 is 23.5 Å². The lowest BCUT2D eigenvalue weighted by atomic mass is 9.98. The molecule has 2 aromatic carbocycles. The van der Waals surface area contributed by atoms with E-state index >= 15 is 0 Å². The minimum Gasteiger partial charge on any atom is -0.497 e. The fourth-order valence-electron chi connectivity index (χ4n) is 3.58. The first-order valence-electron chi connectivity index (χ1n) is 11.1. The topological polar surface area (TPSA) is 110 Å². The van der Waals surface area contributed by atoms with Crippen molar-refractivity contribution in [3.05, 3.63) is 72.0 Å². The van der Waals surface area contributed by atoms with E-state index in [1.807, 2.05) is 42.5 Å². The molecule has 182 valence electrons. The fourth-order valence-corrected chi connectivity index (χ4v) is 4.51. The lowest BCUT2D eigenvalue weighted by Gasteiger charge is -2.17. The van der Waals surface area contributed by atoms with Gasteiger partial charge in [0.25, 0.3) is 0 Å². The van der Waals surface area contributed by atoms with Gasteiger partial charge in [-0.15, -0.1) is 0 Å². The second kappa shape index (κ2) is 11.0. The summed E-state index contributed by atoms with van der Waals surface area (Å²) in [5, 5.41) is 16.6. The Hall–Kier alpha value is -4.29. The number of aryl methyl sites for hydroxylation is 1. The zero-order chi connectivity index (χ0) is 25.7. The third kappa shape index (κ3) is 5.34. The number of rotatable bonds is 8. The number of carbonyl (C=O) groups is 1. The number of pyridine rings is 1. The van der Waals surface area contributed by atoms with E-state index in [0.717, 1.165) is 5.56 Å². The number of anilines is 1. The van der Waals surface area contributed by atoms with E-state index in [4.69, 9.17) is 19.0 Å². The number of hydrogen-bond donors (Lipinski definition) is 1. The Kier molecular flexibility index (Phi) is 7.56. The average molecular weight is 501 g/mol. The molecule has 2 aromatic heterocycles. The molecular weight excluding hydrogens is 476 g/mol. The summed E-state index contributed by atoms with van der Waals surface area (Å²) in [6, 6.07) is 20.8. The maximum absolute atomic E-state index is 12.9. The van der Waals surface area contributed by atoms with Crippen LogP contribution >= 0.6 is 11.8 Å². The maximum atomic E-state index is 12.9. The van der Waals surface area contributed by atoms with E-state index in [2.05, 4.69) is 16.5 Å². The van der Waals surface area contributed by atoms with Gasteiger partial charge in [0.05, 0.1) is 30.7 Å². The first-order chi connectivity index (χ1) is 17.4. The Labute approximate surface area is 213 Å². The minimum atomic E-state index is -0.576. The van der Waals surface area contributed by atoms with Gasteiger partial charge in [-0.2, -0.15) is 5.26 Å². The molecule has 0 saturated heterocycles. The highest BCUT2D eigenvalue weighted by Crippen LogP contribution is 2.40. The van der Waals surface area contributed by atoms with Crippen molar-refractivity contribution in [2.75, 3.05) is 19.5 Å². The zero-order valence-electron chi connectivity index (χ0n) is 20.2. The first kappa shape index (κ1) is 24.8. The number of ether oxygens (including phenoxy) is 2. The van der Waals surface area contributed by atoms with Crippen LogP contribution in [0.4, 0.5) is 5.82 Å². The van der Waals surface area contributed by atoms with Crippen LogP contribution in [0.3, 0.4) is 0 Å². The van der Waals surface area contributed by atoms with Gasteiger partial charge >= 0.3 is 0 Å². The quantitative estimate of drug-likeness (QED) is 0.306. The molecule has 0 radical (unpaired) electrons. The number of carbonyl (C=O) groups excluding carboxylic acids is 1. The van der Waals surface area contributed by atoms with Crippen LogP contribution in [0.15, 0.2) is 70.2 Å². The molecular formula is C27H24N4O4S. The third-order valence-corrected chi connectivity index (χ3v) is 6.49. The molecule has 8 nitrogen and oxygen atoms in total. The lowest BCUT2D eigenvalue weighted by molar-refractivity contribution is -0.115. The predicted octanol–water partition coefficient (Wildman–Crippen LogP) is 5.72. The van der Waals surface area contributed by atoms with E-state index in [-0.39, 0.29) is 5.91 Å². The number of amides is 1. The highest BCUT2D eigenvalue weighted by atomic mass is 32.2. The SMILES string of the molecule is COc1ccc(OC)c(-c2cc(-c3ccccc3)nc(SC(C)C(=O)Nc3cc(C)on3)c2C#N)c1. The van der Waals surface area contributed by atoms with Crippen molar-refractivity contribution in [3.8, 4) is 40.0 Å². The fraction of sp³-hybridized carbons (Fsp3) is 0.185. The summed E-state index contributed by atoms with van der Waals surface area (Å²) >= 11 is 1.19. The predicted molar refractivity (Wildman–Crippen MR) is 138 cm³/mol. The molecule has 1 unspecified atom stereocenters. The van der Waals surface area contributed by atoms with E-state index in [9.17, 15) is 10.1 Å². The molecule has 4 aromatic rings. The number of nitriles is 1. The molecule has 0 aliphatic rings. The Balaban J connectivity index is 1.81. The Morgan fingerprint density at radius 2 is 1.86 bits per heavy atom. The first-order valence-corrected chi connectivity index (χ1v) is 11.9. The highest BCUT2D eigenvalue weighted by Gasteiger charge is 2.23. The van der Waals surface area contributed by atoms with Crippen LogP contribution in [-0.2, 0) is 4.79 Å². The summed E-state index contributed by atoms with van der Waals surface area (Å²) in [6.45, 7) is 3.49. The maximum Gasteiger partial charge on any atom is 0.238 e. The summed E-state index contributed by atoms with van der Waals surface area (Å²) in [7, 11) is 3.15. The standard InChI is InChI=1S/C27H24N4O4S/c1-16-12-25(31-35-16)30-26(32)17(2)36-27-22(15-28)20(14-23(29-27)18-8-6-5-7-9-18)21-13-19(33-3)10-11-24(21)34-4/h5-14,17H,1-4H3,(H,30,31,32). The number of aromatic nitrogens is 2. The van der Waals surface area contributed by atoms with Crippen LogP contribution in [0.1, 0.15) is 18.2 Å². The lowest BCUT2D eigenvalue weighted by Crippen LogP contribution is -2.22. The molecule has 0 saturated carbocycles. The molecule has 1 atom stereocenters. The van der Waals surface area contributed by atoms with Crippen LogP contribution in [-0.4, -0.2) is 35.5 Å². The molecule has 0 fully saturated rings. The number of methoxy groups -OCH3 is 2. The van der Waals surface area contributed by atoms with Gasteiger partial charge < -0.3 is 19.3 Å². The summed E-state index contributed by atoms with van der Waals surface area (Å²) in [6.07, 6.45) is 0. The van der Waals surface area contributed by atoms with Crippen molar-refractivity contribution in [3.63, 3.8) is 0 Å². The number of hydrogen-bond acceptors (Lipinski definition) is 8. The van der Waals surface area contributed by atoms with Gasteiger partial charge in [-0.25, -0.2) is 4.98 Å². The minimum absolute atomic E-state index is 0.287.